The van der Waals surface area contributed by atoms with Crippen molar-refractivity contribution in [3.63, 3.8) is 0 Å². The Balaban J connectivity index is 0. The predicted octanol–water partition coefficient (Wildman–Crippen LogP) is -1.41. The fraction of sp³-hybridized carbons (Fsp3) is 1.00. The van der Waals surface area contributed by atoms with Gasteiger partial charge in [-0.15, -0.1) is 0 Å². The van der Waals surface area contributed by atoms with Crippen molar-refractivity contribution in [1.82, 2.24) is 0 Å². The number of hydrogen-bond donors (Lipinski definition) is 2. The summed E-state index contributed by atoms with van der Waals surface area (Å²) >= 11 is 0. The molecule has 0 fully saturated rings. The van der Waals surface area contributed by atoms with Crippen LogP contribution in [-0.2, 0) is 0 Å². The van der Waals surface area contributed by atoms with E-state index < -0.39 is 0 Å². The first kappa shape index (κ1) is 9.33. The van der Waals surface area contributed by atoms with Gasteiger partial charge in [-0.3, -0.25) is 0 Å². The van der Waals surface area contributed by atoms with Gasteiger partial charge in [0.05, 0.1) is 13.2 Å². The van der Waals surface area contributed by atoms with Crippen LogP contribution in [0.15, 0.2) is 0 Å². The molecule has 0 amide bonds. The molecule has 3 heteroatoms. The van der Waals surface area contributed by atoms with Gasteiger partial charge in [0.2, 0.25) is 0 Å². The first-order chi connectivity index (χ1) is 1.91. The zero-order chi connectivity index (χ0) is 3.41. The molecule has 0 aromatic heterocycles. The van der Waals surface area contributed by atoms with E-state index in [0.29, 0.717) is 0 Å². The Bertz CT molecular complexity index is 9.61. The van der Waals surface area contributed by atoms with Gasteiger partial charge in [0.25, 0.3) is 0 Å². The second-order valence-electron chi connectivity index (χ2n) is 0.447. The van der Waals surface area contributed by atoms with Crippen LogP contribution >= 0.6 is 0 Å². The fourth-order valence-electron chi connectivity index (χ4n) is 0. The number of aliphatic hydroxyl groups excluding tert-OH is 2. The average Bonchev–Trinajstić information content (AvgIpc) is 1.37. The Labute approximate surface area is 53.1 Å². The Kier molecular flexibility index (Phi) is 16.5. The molecule has 0 unspecified atom stereocenters. The molecule has 0 aromatic rings. The van der Waals surface area contributed by atoms with Crippen molar-refractivity contribution < 1.29 is 10.2 Å². The Morgan fingerprint density at radius 2 is 1.20 bits per heavy atom. The van der Waals surface area contributed by atoms with E-state index in [-0.39, 0.29) is 42.8 Å². The van der Waals surface area contributed by atoms with E-state index in [1.165, 1.54) is 0 Å². The molecule has 0 aliphatic rings. The third-order valence-electron chi connectivity index (χ3n) is 0.1000. The first-order valence-corrected chi connectivity index (χ1v) is 1.13. The Morgan fingerprint density at radius 3 is 1.20 bits per heavy atom. The maximum atomic E-state index is 7.62. The summed E-state index contributed by atoms with van der Waals surface area (Å²) in [5.74, 6) is 0. The summed E-state index contributed by atoms with van der Waals surface area (Å²) < 4.78 is 0. The topological polar surface area (TPSA) is 40.5 Å². The molecule has 2 N–H and O–H groups in total. The van der Waals surface area contributed by atoms with Crippen molar-refractivity contribution >= 4 is 29.6 Å². The maximum absolute atomic E-state index is 7.62. The predicted molar refractivity (Wildman–Crippen MR) is 19.9 cm³/mol. The molecule has 0 atom stereocenters. The molecule has 27 valence electrons. The summed E-state index contributed by atoms with van der Waals surface area (Å²) in [6.07, 6.45) is 0. The minimum atomic E-state index is -0.125. The first-order valence-electron chi connectivity index (χ1n) is 1.13. The molecular formula is C2H6NaO2. The Morgan fingerprint density at radius 1 is 1.00 bits per heavy atom. The van der Waals surface area contributed by atoms with Crippen LogP contribution in [0.5, 0.6) is 0 Å². The van der Waals surface area contributed by atoms with Crippen LogP contribution in [0.2, 0.25) is 0 Å². The molecule has 0 bridgehead atoms. The standard InChI is InChI=1S/C2H6O2.Na/c3-1-2-4;/h3-4H,1-2H2;. The van der Waals surface area contributed by atoms with Crippen molar-refractivity contribution in [2.24, 2.45) is 0 Å². The molecule has 5 heavy (non-hydrogen) atoms. The average molecular weight is 85.1 g/mol. The van der Waals surface area contributed by atoms with Gasteiger partial charge in [-0.2, -0.15) is 0 Å². The van der Waals surface area contributed by atoms with E-state index in [9.17, 15) is 0 Å². The SMILES string of the molecule is OCCO.[Na]. The van der Waals surface area contributed by atoms with Gasteiger partial charge in [0.1, 0.15) is 0 Å². The van der Waals surface area contributed by atoms with Crippen LogP contribution in [0.1, 0.15) is 0 Å². The quantitative estimate of drug-likeness (QED) is 0.384. The molecule has 0 saturated carbocycles. The van der Waals surface area contributed by atoms with Crippen molar-refractivity contribution in [3.8, 4) is 0 Å². The number of rotatable bonds is 1. The second-order valence-corrected chi connectivity index (χ2v) is 0.447. The van der Waals surface area contributed by atoms with Gasteiger partial charge in [0, 0.05) is 29.6 Å². The molecule has 0 aromatic carbocycles. The molecule has 0 aliphatic heterocycles. The molecule has 0 spiro atoms. The van der Waals surface area contributed by atoms with Crippen molar-refractivity contribution in [1.29, 1.82) is 0 Å². The van der Waals surface area contributed by atoms with Crippen LogP contribution in [0, 0.1) is 0 Å². The van der Waals surface area contributed by atoms with Gasteiger partial charge in [0.15, 0.2) is 0 Å². The summed E-state index contributed by atoms with van der Waals surface area (Å²) in [5.41, 5.74) is 0. The molecule has 0 saturated heterocycles. The fourth-order valence-corrected chi connectivity index (χ4v) is 0. The van der Waals surface area contributed by atoms with Gasteiger partial charge in [-0.25, -0.2) is 0 Å². The van der Waals surface area contributed by atoms with E-state index in [0.717, 1.165) is 0 Å². The zero-order valence-corrected chi connectivity index (χ0v) is 5.31. The molecule has 0 aliphatic carbocycles. The summed E-state index contributed by atoms with van der Waals surface area (Å²) in [4.78, 5) is 0. The van der Waals surface area contributed by atoms with Gasteiger partial charge < -0.3 is 10.2 Å². The van der Waals surface area contributed by atoms with Crippen molar-refractivity contribution in [2.75, 3.05) is 13.2 Å². The van der Waals surface area contributed by atoms with E-state index in [1.807, 2.05) is 0 Å². The minimum Gasteiger partial charge on any atom is -0.394 e. The normalized spacial score (nSPS) is 6.00. The summed E-state index contributed by atoms with van der Waals surface area (Å²) in [6.45, 7) is -0.250. The van der Waals surface area contributed by atoms with E-state index >= 15 is 0 Å². The molecular weight excluding hydrogens is 79.0 g/mol. The van der Waals surface area contributed by atoms with Crippen LogP contribution < -0.4 is 0 Å². The van der Waals surface area contributed by atoms with Crippen LogP contribution in [0.4, 0.5) is 0 Å². The van der Waals surface area contributed by atoms with Gasteiger partial charge in [-0.05, 0) is 0 Å². The smallest absolute Gasteiger partial charge is 0.0662 e. The number of aliphatic hydroxyl groups is 2. The molecule has 2 nitrogen and oxygen atoms in total. The largest absolute Gasteiger partial charge is 0.394 e. The zero-order valence-electron chi connectivity index (χ0n) is 3.31. The number of hydrogen-bond acceptors (Lipinski definition) is 2. The summed E-state index contributed by atoms with van der Waals surface area (Å²) in [7, 11) is 0. The Hall–Kier alpha value is 0.920. The van der Waals surface area contributed by atoms with E-state index in [4.69, 9.17) is 10.2 Å². The van der Waals surface area contributed by atoms with E-state index in [1.54, 1.807) is 0 Å². The van der Waals surface area contributed by atoms with Crippen LogP contribution in [0.3, 0.4) is 0 Å². The minimum absolute atomic E-state index is 0. The van der Waals surface area contributed by atoms with Crippen LogP contribution in [-0.4, -0.2) is 53.0 Å². The molecule has 0 heterocycles. The third-order valence-corrected chi connectivity index (χ3v) is 0.1000. The van der Waals surface area contributed by atoms with Crippen LogP contribution in [0.25, 0.3) is 0 Å². The summed E-state index contributed by atoms with van der Waals surface area (Å²) in [5, 5.41) is 15.2. The van der Waals surface area contributed by atoms with Crippen molar-refractivity contribution in [2.45, 2.75) is 0 Å². The monoisotopic (exact) mass is 85.0 g/mol. The van der Waals surface area contributed by atoms with Gasteiger partial charge in [-0.1, -0.05) is 0 Å². The maximum Gasteiger partial charge on any atom is 0.0662 e. The second kappa shape index (κ2) is 8.87. The molecule has 0 rings (SSSR count). The third kappa shape index (κ3) is 11.4. The van der Waals surface area contributed by atoms with Gasteiger partial charge >= 0.3 is 0 Å². The van der Waals surface area contributed by atoms with E-state index in [2.05, 4.69) is 0 Å². The summed E-state index contributed by atoms with van der Waals surface area (Å²) in [6, 6.07) is 0. The van der Waals surface area contributed by atoms with Crippen molar-refractivity contribution in [3.05, 3.63) is 0 Å². The molecule has 1 radical (unpaired) electrons.